The second kappa shape index (κ2) is 8.44. The number of carbonyl (C=O) groups excluding carboxylic acids is 1. The van der Waals surface area contributed by atoms with Crippen LogP contribution in [-0.4, -0.2) is 19.6 Å². The first-order valence-corrected chi connectivity index (χ1v) is 7.81. The van der Waals surface area contributed by atoms with Crippen molar-refractivity contribution in [2.75, 3.05) is 13.7 Å². The molecule has 4 nitrogen and oxygen atoms in total. The van der Waals surface area contributed by atoms with E-state index >= 15 is 0 Å². The predicted octanol–water partition coefficient (Wildman–Crippen LogP) is 3.61. The first-order chi connectivity index (χ1) is 11.1. The van der Waals surface area contributed by atoms with Crippen molar-refractivity contribution in [2.24, 2.45) is 0 Å². The monoisotopic (exact) mass is 333 g/mol. The summed E-state index contributed by atoms with van der Waals surface area (Å²) in [6, 6.07) is 13.0. The lowest BCUT2D eigenvalue weighted by atomic mass is 10.1. The molecule has 0 saturated heterocycles. The zero-order valence-corrected chi connectivity index (χ0v) is 14.0. The molecule has 1 amide bonds. The van der Waals surface area contributed by atoms with Crippen LogP contribution in [0.1, 0.15) is 18.1 Å². The third-order valence-electron chi connectivity index (χ3n) is 3.28. The van der Waals surface area contributed by atoms with E-state index in [1.807, 2.05) is 43.3 Å². The minimum Gasteiger partial charge on any atom is -0.497 e. The molecule has 0 spiro atoms. The standard InChI is InChI=1S/C18H20ClNO3/c1-3-23-17-8-7-14(10-16(17)19)12-20-18(21)11-13-5-4-6-15(9-13)22-2/h4-10H,3,11-12H2,1-2H3,(H,20,21). The van der Waals surface area contributed by atoms with E-state index in [1.54, 1.807) is 13.2 Å². The maximum absolute atomic E-state index is 12.0. The van der Waals surface area contributed by atoms with Gasteiger partial charge in [-0.25, -0.2) is 0 Å². The molecule has 2 aromatic carbocycles. The SMILES string of the molecule is CCOc1ccc(CNC(=O)Cc2cccc(OC)c2)cc1Cl. The summed E-state index contributed by atoms with van der Waals surface area (Å²) < 4.78 is 10.5. The highest BCUT2D eigenvalue weighted by molar-refractivity contribution is 6.32. The summed E-state index contributed by atoms with van der Waals surface area (Å²) >= 11 is 6.14. The number of hydrogen-bond donors (Lipinski definition) is 1. The Morgan fingerprint density at radius 3 is 2.70 bits per heavy atom. The van der Waals surface area contributed by atoms with Gasteiger partial charge in [0.2, 0.25) is 5.91 Å². The van der Waals surface area contributed by atoms with Crippen molar-refractivity contribution in [3.05, 3.63) is 58.6 Å². The average molecular weight is 334 g/mol. The molecule has 122 valence electrons. The van der Waals surface area contributed by atoms with Crippen LogP contribution in [0.15, 0.2) is 42.5 Å². The van der Waals surface area contributed by atoms with Gasteiger partial charge in [0.1, 0.15) is 11.5 Å². The van der Waals surface area contributed by atoms with Crippen LogP contribution in [-0.2, 0) is 17.8 Å². The highest BCUT2D eigenvalue weighted by Crippen LogP contribution is 2.25. The lowest BCUT2D eigenvalue weighted by Crippen LogP contribution is -2.24. The van der Waals surface area contributed by atoms with E-state index in [0.717, 1.165) is 16.9 Å². The predicted molar refractivity (Wildman–Crippen MR) is 91.2 cm³/mol. The average Bonchev–Trinajstić information content (AvgIpc) is 2.55. The van der Waals surface area contributed by atoms with Gasteiger partial charge in [-0.2, -0.15) is 0 Å². The molecule has 0 unspecified atom stereocenters. The molecule has 0 saturated carbocycles. The van der Waals surface area contributed by atoms with E-state index < -0.39 is 0 Å². The molecule has 0 fully saturated rings. The fraction of sp³-hybridized carbons (Fsp3) is 0.278. The highest BCUT2D eigenvalue weighted by atomic mass is 35.5. The third kappa shape index (κ3) is 5.18. The van der Waals surface area contributed by atoms with Crippen molar-refractivity contribution in [3.63, 3.8) is 0 Å². The second-order valence-corrected chi connectivity index (χ2v) is 5.41. The summed E-state index contributed by atoms with van der Waals surface area (Å²) in [6.07, 6.45) is 0.308. The van der Waals surface area contributed by atoms with Crippen molar-refractivity contribution < 1.29 is 14.3 Å². The van der Waals surface area contributed by atoms with E-state index in [4.69, 9.17) is 21.1 Å². The minimum absolute atomic E-state index is 0.0525. The van der Waals surface area contributed by atoms with E-state index in [1.165, 1.54) is 0 Å². The summed E-state index contributed by atoms with van der Waals surface area (Å²) in [7, 11) is 1.61. The highest BCUT2D eigenvalue weighted by Gasteiger charge is 2.06. The van der Waals surface area contributed by atoms with Gasteiger partial charge in [-0.15, -0.1) is 0 Å². The van der Waals surface area contributed by atoms with Gasteiger partial charge >= 0.3 is 0 Å². The molecule has 23 heavy (non-hydrogen) atoms. The zero-order valence-electron chi connectivity index (χ0n) is 13.3. The molecule has 0 aliphatic rings. The molecule has 0 heterocycles. The number of hydrogen-bond acceptors (Lipinski definition) is 3. The quantitative estimate of drug-likeness (QED) is 0.842. The smallest absolute Gasteiger partial charge is 0.224 e. The first kappa shape index (κ1) is 17.2. The normalized spacial score (nSPS) is 10.2. The Labute approximate surface area is 141 Å². The lowest BCUT2D eigenvalue weighted by Gasteiger charge is -2.09. The minimum atomic E-state index is -0.0525. The molecule has 1 N–H and O–H groups in total. The molecule has 0 aliphatic heterocycles. The number of ether oxygens (including phenoxy) is 2. The third-order valence-corrected chi connectivity index (χ3v) is 3.58. The molecule has 0 bridgehead atoms. The number of carbonyl (C=O) groups is 1. The van der Waals surface area contributed by atoms with Gasteiger partial charge in [-0.3, -0.25) is 4.79 Å². The van der Waals surface area contributed by atoms with E-state index in [9.17, 15) is 4.79 Å². The van der Waals surface area contributed by atoms with E-state index in [2.05, 4.69) is 5.32 Å². The largest absolute Gasteiger partial charge is 0.497 e. The fourth-order valence-corrected chi connectivity index (χ4v) is 2.42. The van der Waals surface area contributed by atoms with Crippen molar-refractivity contribution >= 4 is 17.5 Å². The van der Waals surface area contributed by atoms with Crippen LogP contribution in [0.5, 0.6) is 11.5 Å². The van der Waals surface area contributed by atoms with Crippen LogP contribution in [0.3, 0.4) is 0 Å². The van der Waals surface area contributed by atoms with Gasteiger partial charge in [-0.1, -0.05) is 29.8 Å². The van der Waals surface area contributed by atoms with Crippen LogP contribution in [0.2, 0.25) is 5.02 Å². The second-order valence-electron chi connectivity index (χ2n) is 5.00. The summed E-state index contributed by atoms with van der Waals surface area (Å²) in [5.41, 5.74) is 1.84. The Hall–Kier alpha value is -2.20. The molecule has 2 aromatic rings. The molecule has 0 aromatic heterocycles. The van der Waals surface area contributed by atoms with Crippen LogP contribution in [0, 0.1) is 0 Å². The van der Waals surface area contributed by atoms with Crippen LogP contribution in [0.4, 0.5) is 0 Å². The lowest BCUT2D eigenvalue weighted by molar-refractivity contribution is -0.120. The topological polar surface area (TPSA) is 47.6 Å². The number of halogens is 1. The van der Waals surface area contributed by atoms with Gasteiger partial charge in [-0.05, 0) is 42.3 Å². The maximum atomic E-state index is 12.0. The molecule has 5 heteroatoms. The molecular weight excluding hydrogens is 314 g/mol. The van der Waals surface area contributed by atoms with Crippen LogP contribution in [0.25, 0.3) is 0 Å². The maximum Gasteiger partial charge on any atom is 0.224 e. The Kier molecular flexibility index (Phi) is 6.29. The van der Waals surface area contributed by atoms with Crippen molar-refractivity contribution in [3.8, 4) is 11.5 Å². The molecular formula is C18H20ClNO3. The summed E-state index contributed by atoms with van der Waals surface area (Å²) in [6.45, 7) is 2.90. The molecule has 0 atom stereocenters. The summed E-state index contributed by atoms with van der Waals surface area (Å²) in [5, 5.41) is 3.43. The van der Waals surface area contributed by atoms with Crippen molar-refractivity contribution in [2.45, 2.75) is 19.9 Å². The van der Waals surface area contributed by atoms with Crippen molar-refractivity contribution in [1.82, 2.24) is 5.32 Å². The van der Waals surface area contributed by atoms with Crippen LogP contribution < -0.4 is 14.8 Å². The molecule has 2 rings (SSSR count). The van der Waals surface area contributed by atoms with E-state index in [0.29, 0.717) is 30.3 Å². The Morgan fingerprint density at radius 1 is 1.17 bits per heavy atom. The van der Waals surface area contributed by atoms with Gasteiger partial charge < -0.3 is 14.8 Å². The van der Waals surface area contributed by atoms with Gasteiger partial charge in [0.15, 0.2) is 0 Å². The Bertz CT molecular complexity index is 673. The van der Waals surface area contributed by atoms with E-state index in [-0.39, 0.29) is 5.91 Å². The van der Waals surface area contributed by atoms with Crippen LogP contribution >= 0.6 is 11.6 Å². The van der Waals surface area contributed by atoms with Gasteiger partial charge in [0.25, 0.3) is 0 Å². The summed E-state index contributed by atoms with van der Waals surface area (Å²) in [5.74, 6) is 1.34. The molecule has 0 aliphatic carbocycles. The first-order valence-electron chi connectivity index (χ1n) is 7.43. The Balaban J connectivity index is 1.90. The fourth-order valence-electron chi connectivity index (χ4n) is 2.16. The number of methoxy groups -OCH3 is 1. The van der Waals surface area contributed by atoms with Gasteiger partial charge in [0.05, 0.1) is 25.2 Å². The zero-order chi connectivity index (χ0) is 16.7. The number of benzene rings is 2. The molecule has 0 radical (unpaired) electrons. The van der Waals surface area contributed by atoms with Gasteiger partial charge in [0, 0.05) is 6.54 Å². The summed E-state index contributed by atoms with van der Waals surface area (Å²) in [4.78, 5) is 12.0. The Morgan fingerprint density at radius 2 is 2.00 bits per heavy atom. The number of amides is 1. The number of rotatable bonds is 7. The van der Waals surface area contributed by atoms with Crippen molar-refractivity contribution in [1.29, 1.82) is 0 Å². The number of nitrogens with one attached hydrogen (secondary N) is 1.